The van der Waals surface area contributed by atoms with E-state index in [2.05, 4.69) is 55.4 Å². The molecule has 3 heterocycles. The molecule has 0 amide bonds. The summed E-state index contributed by atoms with van der Waals surface area (Å²) < 4.78 is 2.27. The maximum absolute atomic E-state index is 6.01. The zero-order chi connectivity index (χ0) is 21.8. The Morgan fingerprint density at radius 2 is 1.72 bits per heavy atom. The van der Waals surface area contributed by atoms with E-state index in [9.17, 15) is 0 Å². The second-order valence-corrected chi connectivity index (χ2v) is 10.1. The molecule has 8 heteroatoms. The number of halogens is 1. The van der Waals surface area contributed by atoms with E-state index in [4.69, 9.17) is 16.6 Å². The summed E-state index contributed by atoms with van der Waals surface area (Å²) in [6.07, 6.45) is 2.54. The molecule has 0 N–H and O–H groups in total. The van der Waals surface area contributed by atoms with Crippen LogP contribution in [0.3, 0.4) is 0 Å². The molecule has 32 heavy (non-hydrogen) atoms. The molecule has 1 aliphatic heterocycles. The van der Waals surface area contributed by atoms with Crippen LogP contribution in [0.15, 0.2) is 65.1 Å². The topological polar surface area (TPSA) is 46.8 Å². The lowest BCUT2D eigenvalue weighted by atomic mass is 10.2. The third-order valence-electron chi connectivity index (χ3n) is 5.53. The molecule has 5 nitrogen and oxygen atoms in total. The van der Waals surface area contributed by atoms with Gasteiger partial charge in [0.05, 0.1) is 18.8 Å². The van der Waals surface area contributed by atoms with Gasteiger partial charge in [-0.05, 0) is 43.6 Å². The zero-order valence-electron chi connectivity index (χ0n) is 17.7. The Morgan fingerprint density at radius 3 is 2.50 bits per heavy atom. The van der Waals surface area contributed by atoms with Gasteiger partial charge in [-0.15, -0.1) is 21.5 Å². The van der Waals surface area contributed by atoms with Crippen molar-refractivity contribution < 1.29 is 0 Å². The quantitative estimate of drug-likeness (QED) is 0.289. The van der Waals surface area contributed by atoms with Crippen molar-refractivity contribution >= 4 is 34.7 Å². The van der Waals surface area contributed by atoms with Crippen LogP contribution >= 0.6 is 34.7 Å². The third-order valence-corrected chi connectivity index (χ3v) is 7.73. The monoisotopic (exact) mass is 481 g/mol. The first-order valence-corrected chi connectivity index (χ1v) is 13.0. The van der Waals surface area contributed by atoms with Crippen molar-refractivity contribution in [3.63, 3.8) is 0 Å². The van der Waals surface area contributed by atoms with Crippen LogP contribution in [0, 0.1) is 0 Å². The van der Waals surface area contributed by atoms with Crippen LogP contribution in [0.4, 0.5) is 0 Å². The van der Waals surface area contributed by atoms with Crippen LogP contribution in [-0.4, -0.2) is 37.7 Å². The smallest absolute Gasteiger partial charge is 0.191 e. The van der Waals surface area contributed by atoms with Crippen LogP contribution in [0.5, 0.6) is 0 Å². The normalized spacial score (nSPS) is 14.3. The fourth-order valence-corrected chi connectivity index (χ4v) is 5.75. The van der Waals surface area contributed by atoms with E-state index in [0.29, 0.717) is 0 Å². The molecule has 1 fully saturated rings. The van der Waals surface area contributed by atoms with Gasteiger partial charge in [-0.2, -0.15) is 0 Å². The predicted molar refractivity (Wildman–Crippen MR) is 132 cm³/mol. The SMILES string of the molecule is Clc1ccc(-c2nc(CSc3nnc(CN4CCCC4)n3Cc3ccccc3)cs2)cc1. The minimum atomic E-state index is 0.739. The molecule has 0 saturated carbocycles. The highest BCUT2D eigenvalue weighted by Crippen LogP contribution is 2.29. The maximum atomic E-state index is 6.01. The molecule has 2 aromatic carbocycles. The lowest BCUT2D eigenvalue weighted by Gasteiger charge is -2.16. The van der Waals surface area contributed by atoms with Crippen molar-refractivity contribution in [3.05, 3.63) is 82.1 Å². The highest BCUT2D eigenvalue weighted by atomic mass is 35.5. The standard InChI is InChI=1S/C24H24ClN5S2/c25-20-10-8-19(9-11-20)23-26-21(16-31-23)17-32-24-28-27-22(15-29-12-4-5-13-29)30(24)14-18-6-2-1-3-7-18/h1-3,6-11,16H,4-5,12-15,17H2. The average molecular weight is 482 g/mol. The van der Waals surface area contributed by atoms with Crippen LogP contribution in [-0.2, 0) is 18.8 Å². The number of hydrogen-bond donors (Lipinski definition) is 0. The summed E-state index contributed by atoms with van der Waals surface area (Å²) in [4.78, 5) is 7.29. The van der Waals surface area contributed by atoms with E-state index in [1.165, 1.54) is 18.4 Å². The number of rotatable bonds is 8. The maximum Gasteiger partial charge on any atom is 0.191 e. The second kappa shape index (κ2) is 10.2. The van der Waals surface area contributed by atoms with Gasteiger partial charge >= 0.3 is 0 Å². The molecule has 4 aromatic rings. The van der Waals surface area contributed by atoms with E-state index in [0.717, 1.165) is 64.2 Å². The molecule has 0 unspecified atom stereocenters. The summed E-state index contributed by atoms with van der Waals surface area (Å²) >= 11 is 9.37. The Morgan fingerprint density at radius 1 is 0.938 bits per heavy atom. The van der Waals surface area contributed by atoms with E-state index in [1.54, 1.807) is 23.1 Å². The van der Waals surface area contributed by atoms with Gasteiger partial charge in [0.15, 0.2) is 5.16 Å². The first-order valence-electron chi connectivity index (χ1n) is 10.8. The Labute approximate surface area is 201 Å². The van der Waals surface area contributed by atoms with Gasteiger partial charge in [0, 0.05) is 21.7 Å². The summed E-state index contributed by atoms with van der Waals surface area (Å²) in [5.74, 6) is 1.80. The van der Waals surface area contributed by atoms with E-state index in [1.807, 2.05) is 24.3 Å². The Bertz CT molecular complexity index is 1150. The third kappa shape index (κ3) is 5.23. The number of aromatic nitrogens is 4. The number of likely N-dealkylation sites (tertiary alicyclic amines) is 1. The largest absolute Gasteiger partial charge is 0.300 e. The minimum Gasteiger partial charge on any atom is -0.300 e. The summed E-state index contributed by atoms with van der Waals surface area (Å²) in [7, 11) is 0. The van der Waals surface area contributed by atoms with Crippen molar-refractivity contribution in [3.8, 4) is 10.6 Å². The molecule has 164 valence electrons. The van der Waals surface area contributed by atoms with E-state index in [-0.39, 0.29) is 0 Å². The molecular weight excluding hydrogens is 458 g/mol. The van der Waals surface area contributed by atoms with E-state index >= 15 is 0 Å². The van der Waals surface area contributed by atoms with Crippen LogP contribution in [0.2, 0.25) is 5.02 Å². The second-order valence-electron chi connectivity index (χ2n) is 7.89. The Balaban J connectivity index is 1.32. The number of thioether (sulfide) groups is 1. The van der Waals surface area contributed by atoms with Crippen LogP contribution in [0.1, 0.15) is 29.9 Å². The molecular formula is C24H24ClN5S2. The van der Waals surface area contributed by atoms with Crippen molar-refractivity contribution in [1.82, 2.24) is 24.6 Å². The highest BCUT2D eigenvalue weighted by Gasteiger charge is 2.19. The first-order chi connectivity index (χ1) is 15.7. The predicted octanol–water partition coefficient (Wildman–Crippen LogP) is 5.99. The van der Waals surface area contributed by atoms with Crippen molar-refractivity contribution in [2.45, 2.75) is 36.8 Å². The molecule has 0 spiro atoms. The molecule has 0 aliphatic carbocycles. The average Bonchev–Trinajstić information content (AvgIpc) is 3.57. The lowest BCUT2D eigenvalue weighted by Crippen LogP contribution is -2.21. The number of hydrogen-bond acceptors (Lipinski definition) is 6. The van der Waals surface area contributed by atoms with Gasteiger partial charge in [0.1, 0.15) is 10.8 Å². The van der Waals surface area contributed by atoms with E-state index < -0.39 is 0 Å². The number of nitrogens with zero attached hydrogens (tertiary/aromatic N) is 5. The van der Waals surface area contributed by atoms with Gasteiger partial charge in [-0.3, -0.25) is 4.90 Å². The minimum absolute atomic E-state index is 0.739. The zero-order valence-corrected chi connectivity index (χ0v) is 20.0. The van der Waals surface area contributed by atoms with Crippen molar-refractivity contribution in [1.29, 1.82) is 0 Å². The van der Waals surface area contributed by atoms with Crippen LogP contribution in [0.25, 0.3) is 10.6 Å². The number of benzene rings is 2. The van der Waals surface area contributed by atoms with Gasteiger partial charge < -0.3 is 4.57 Å². The summed E-state index contributed by atoms with van der Waals surface area (Å²) in [6, 6.07) is 18.4. The van der Waals surface area contributed by atoms with Gasteiger partial charge in [-0.25, -0.2) is 4.98 Å². The first kappa shape index (κ1) is 21.6. The fraction of sp³-hybridized carbons (Fsp3) is 0.292. The molecule has 2 aromatic heterocycles. The molecule has 0 bridgehead atoms. The van der Waals surface area contributed by atoms with Gasteiger partial charge in [0.25, 0.3) is 0 Å². The molecule has 1 saturated heterocycles. The van der Waals surface area contributed by atoms with Crippen molar-refractivity contribution in [2.75, 3.05) is 13.1 Å². The summed E-state index contributed by atoms with van der Waals surface area (Å²) in [5.41, 5.74) is 3.41. The fourth-order valence-electron chi connectivity index (χ4n) is 3.85. The van der Waals surface area contributed by atoms with Crippen molar-refractivity contribution in [2.24, 2.45) is 0 Å². The number of thiazole rings is 1. The molecule has 1 aliphatic rings. The lowest BCUT2D eigenvalue weighted by molar-refractivity contribution is 0.316. The summed E-state index contributed by atoms with van der Waals surface area (Å²) in [5, 5.41) is 13.9. The van der Waals surface area contributed by atoms with Gasteiger partial charge in [-0.1, -0.05) is 65.8 Å². The summed E-state index contributed by atoms with van der Waals surface area (Å²) in [6.45, 7) is 3.93. The molecule has 0 atom stereocenters. The Hall–Kier alpha value is -2.19. The Kier molecular flexibility index (Phi) is 6.88. The highest BCUT2D eigenvalue weighted by molar-refractivity contribution is 7.98. The van der Waals surface area contributed by atoms with Crippen LogP contribution < -0.4 is 0 Å². The van der Waals surface area contributed by atoms with Gasteiger partial charge in [0.2, 0.25) is 0 Å². The molecule has 5 rings (SSSR count). The molecule has 0 radical (unpaired) electrons.